The van der Waals surface area contributed by atoms with Crippen LogP contribution in [0.3, 0.4) is 0 Å². The number of aromatic carboxylic acids is 1. The second kappa shape index (κ2) is 6.79. The quantitative estimate of drug-likeness (QED) is 0.635. The molecule has 0 fully saturated rings. The van der Waals surface area contributed by atoms with Gasteiger partial charge in [-0.15, -0.1) is 0 Å². The van der Waals surface area contributed by atoms with Crippen molar-refractivity contribution in [1.82, 2.24) is 15.8 Å². The van der Waals surface area contributed by atoms with E-state index in [9.17, 15) is 14.4 Å². The van der Waals surface area contributed by atoms with Gasteiger partial charge in [-0.2, -0.15) is 0 Å². The highest BCUT2D eigenvalue weighted by molar-refractivity contribution is 6.05. The van der Waals surface area contributed by atoms with Crippen molar-refractivity contribution in [2.24, 2.45) is 0 Å². The first-order valence-corrected chi connectivity index (χ1v) is 7.35. The number of rotatable bonds is 3. The molecule has 0 aliphatic rings. The first kappa shape index (κ1) is 16.1. The number of benzene rings is 2. The molecule has 0 saturated carbocycles. The molecule has 0 aliphatic heterocycles. The van der Waals surface area contributed by atoms with Crippen molar-refractivity contribution in [3.63, 3.8) is 0 Å². The number of carbonyl (C=O) groups excluding carboxylic acids is 2. The predicted octanol–water partition coefficient (Wildman–Crippen LogP) is 2.01. The molecule has 25 heavy (non-hydrogen) atoms. The Bertz CT molecular complexity index is 985. The Balaban J connectivity index is 1.73. The second-order valence-electron chi connectivity index (χ2n) is 5.15. The van der Waals surface area contributed by atoms with Gasteiger partial charge in [0, 0.05) is 5.39 Å². The van der Waals surface area contributed by atoms with Crippen molar-refractivity contribution >= 4 is 28.7 Å². The Labute approximate surface area is 142 Å². The summed E-state index contributed by atoms with van der Waals surface area (Å²) in [5.41, 5.74) is 5.01. The van der Waals surface area contributed by atoms with E-state index >= 15 is 0 Å². The highest BCUT2D eigenvalue weighted by atomic mass is 16.4. The molecule has 3 aromatic rings. The van der Waals surface area contributed by atoms with Crippen molar-refractivity contribution < 1.29 is 19.5 Å². The molecule has 1 aromatic heterocycles. The van der Waals surface area contributed by atoms with Gasteiger partial charge >= 0.3 is 5.97 Å². The smallest absolute Gasteiger partial charge is 0.336 e. The average Bonchev–Trinajstić information content (AvgIpc) is 2.65. The molecule has 3 rings (SSSR count). The topological polar surface area (TPSA) is 108 Å². The molecule has 0 saturated heterocycles. The number of pyridine rings is 1. The lowest BCUT2D eigenvalue weighted by molar-refractivity contribution is 0.0690. The zero-order chi connectivity index (χ0) is 17.8. The van der Waals surface area contributed by atoms with Gasteiger partial charge in [0.05, 0.1) is 16.6 Å². The third kappa shape index (κ3) is 3.45. The van der Waals surface area contributed by atoms with Crippen LogP contribution < -0.4 is 10.9 Å². The maximum absolute atomic E-state index is 12.1. The molecule has 7 heteroatoms. The van der Waals surface area contributed by atoms with Gasteiger partial charge in [-0.05, 0) is 24.3 Å². The van der Waals surface area contributed by atoms with E-state index in [0.29, 0.717) is 5.52 Å². The molecule has 0 bridgehead atoms. The van der Waals surface area contributed by atoms with Crippen LogP contribution in [-0.2, 0) is 0 Å². The number of carboxylic acids is 1. The first-order valence-electron chi connectivity index (χ1n) is 7.35. The summed E-state index contributed by atoms with van der Waals surface area (Å²) in [5, 5.41) is 9.98. The van der Waals surface area contributed by atoms with E-state index in [4.69, 9.17) is 5.11 Å². The number of aromatic nitrogens is 1. The van der Waals surface area contributed by atoms with Gasteiger partial charge in [-0.25, -0.2) is 9.78 Å². The fourth-order valence-corrected chi connectivity index (χ4v) is 2.31. The number of amides is 2. The first-order chi connectivity index (χ1) is 12.1. The van der Waals surface area contributed by atoms with E-state index in [0.717, 1.165) is 5.39 Å². The van der Waals surface area contributed by atoms with E-state index in [1.54, 1.807) is 12.1 Å². The lowest BCUT2D eigenvalue weighted by Crippen LogP contribution is -2.42. The second-order valence-corrected chi connectivity index (χ2v) is 5.15. The molecule has 124 valence electrons. The van der Waals surface area contributed by atoms with Crippen LogP contribution in [0.1, 0.15) is 31.2 Å². The molecule has 0 aliphatic carbocycles. The lowest BCUT2D eigenvalue weighted by atomic mass is 10.1. The van der Waals surface area contributed by atoms with Gasteiger partial charge in [-0.1, -0.05) is 36.4 Å². The van der Waals surface area contributed by atoms with Crippen LogP contribution in [-0.4, -0.2) is 27.9 Å². The van der Waals surface area contributed by atoms with E-state index in [1.807, 2.05) is 18.2 Å². The summed E-state index contributed by atoms with van der Waals surface area (Å²) in [5.74, 6) is -2.56. The molecule has 3 N–H and O–H groups in total. The van der Waals surface area contributed by atoms with Crippen LogP contribution in [0.4, 0.5) is 0 Å². The van der Waals surface area contributed by atoms with Gasteiger partial charge < -0.3 is 5.11 Å². The van der Waals surface area contributed by atoms with Crippen molar-refractivity contribution in [2.75, 3.05) is 0 Å². The van der Waals surface area contributed by atoms with Crippen LogP contribution in [0, 0.1) is 0 Å². The molecule has 0 radical (unpaired) electrons. The summed E-state index contributed by atoms with van der Waals surface area (Å²) in [6.07, 6.45) is 0. The van der Waals surface area contributed by atoms with E-state index in [2.05, 4.69) is 15.8 Å². The maximum atomic E-state index is 12.1. The summed E-state index contributed by atoms with van der Waals surface area (Å²) in [7, 11) is 0. The summed E-state index contributed by atoms with van der Waals surface area (Å²) >= 11 is 0. The van der Waals surface area contributed by atoms with Crippen LogP contribution in [0.5, 0.6) is 0 Å². The summed E-state index contributed by atoms with van der Waals surface area (Å²) in [4.78, 5) is 39.6. The number of hydrazine groups is 1. The monoisotopic (exact) mass is 335 g/mol. The SMILES string of the molecule is O=C(NNC(=O)c1ccccc1C(=O)O)c1ccc2ccccc2n1. The van der Waals surface area contributed by atoms with Crippen LogP contribution >= 0.6 is 0 Å². The maximum Gasteiger partial charge on any atom is 0.336 e. The molecule has 2 amide bonds. The van der Waals surface area contributed by atoms with Crippen LogP contribution in [0.15, 0.2) is 60.7 Å². The Morgan fingerprint density at radius 3 is 2.16 bits per heavy atom. The molecule has 0 unspecified atom stereocenters. The minimum Gasteiger partial charge on any atom is -0.478 e. The van der Waals surface area contributed by atoms with Crippen molar-refractivity contribution in [3.05, 3.63) is 77.5 Å². The number of hydrogen-bond donors (Lipinski definition) is 3. The van der Waals surface area contributed by atoms with E-state index < -0.39 is 17.8 Å². The van der Waals surface area contributed by atoms with E-state index in [-0.39, 0.29) is 16.8 Å². The molecule has 1 heterocycles. The fraction of sp³-hybridized carbons (Fsp3) is 0. The standard InChI is InChI=1S/C18H13N3O4/c22-16(12-6-2-3-7-13(12)18(24)25)20-21-17(23)15-10-9-11-5-1-4-8-14(11)19-15/h1-10H,(H,20,22)(H,21,23)(H,24,25). The van der Waals surface area contributed by atoms with Gasteiger partial charge in [0.15, 0.2) is 0 Å². The average molecular weight is 335 g/mol. The van der Waals surface area contributed by atoms with Crippen LogP contribution in [0.25, 0.3) is 10.9 Å². The highest BCUT2D eigenvalue weighted by Crippen LogP contribution is 2.12. The zero-order valence-electron chi connectivity index (χ0n) is 12.9. The van der Waals surface area contributed by atoms with Crippen LogP contribution in [0.2, 0.25) is 0 Å². The molecule has 2 aromatic carbocycles. The summed E-state index contributed by atoms with van der Waals surface area (Å²) in [6.45, 7) is 0. The third-order valence-electron chi connectivity index (χ3n) is 3.52. The number of carboxylic acid groups (broad SMARTS) is 1. The fourth-order valence-electron chi connectivity index (χ4n) is 2.31. The largest absolute Gasteiger partial charge is 0.478 e. The summed E-state index contributed by atoms with van der Waals surface area (Å²) < 4.78 is 0. The van der Waals surface area contributed by atoms with E-state index in [1.165, 1.54) is 30.3 Å². The molecule has 7 nitrogen and oxygen atoms in total. The van der Waals surface area contributed by atoms with Gasteiger partial charge in [0.2, 0.25) is 0 Å². The Kier molecular flexibility index (Phi) is 4.38. The minimum atomic E-state index is -1.23. The number of nitrogens with zero attached hydrogens (tertiary/aromatic N) is 1. The number of carbonyl (C=O) groups is 3. The number of hydrogen-bond acceptors (Lipinski definition) is 4. The normalized spacial score (nSPS) is 10.2. The molecular formula is C18H13N3O4. The van der Waals surface area contributed by atoms with Crippen molar-refractivity contribution in [2.45, 2.75) is 0 Å². The molecule has 0 spiro atoms. The highest BCUT2D eigenvalue weighted by Gasteiger charge is 2.16. The third-order valence-corrected chi connectivity index (χ3v) is 3.52. The minimum absolute atomic E-state index is 0.0539. The molecular weight excluding hydrogens is 322 g/mol. The van der Waals surface area contributed by atoms with Gasteiger partial charge in [0.25, 0.3) is 11.8 Å². The zero-order valence-corrected chi connectivity index (χ0v) is 12.9. The van der Waals surface area contributed by atoms with Gasteiger partial charge in [-0.3, -0.25) is 20.4 Å². The Hall–Kier alpha value is -3.74. The Morgan fingerprint density at radius 1 is 0.760 bits per heavy atom. The summed E-state index contributed by atoms with van der Waals surface area (Å²) in [6, 6.07) is 16.3. The number of nitrogens with one attached hydrogen (secondary N) is 2. The van der Waals surface area contributed by atoms with Gasteiger partial charge in [0.1, 0.15) is 5.69 Å². The number of fused-ring (bicyclic) bond motifs is 1. The lowest BCUT2D eigenvalue weighted by Gasteiger charge is -2.09. The predicted molar refractivity (Wildman–Crippen MR) is 90.1 cm³/mol. The van der Waals surface area contributed by atoms with Crippen molar-refractivity contribution in [3.8, 4) is 0 Å². The number of para-hydroxylation sites is 1. The Morgan fingerprint density at radius 2 is 1.40 bits per heavy atom. The molecule has 0 atom stereocenters. The van der Waals surface area contributed by atoms with Crippen molar-refractivity contribution in [1.29, 1.82) is 0 Å².